The van der Waals surface area contributed by atoms with Crippen LogP contribution in [0.4, 0.5) is 0 Å². The summed E-state index contributed by atoms with van der Waals surface area (Å²) in [7, 11) is 0. The lowest BCUT2D eigenvalue weighted by Crippen LogP contribution is -2.49. The molecule has 2 aromatic rings. The number of rotatable bonds is 4. The van der Waals surface area contributed by atoms with E-state index in [1.54, 1.807) is 12.1 Å². The Bertz CT molecular complexity index is 810. The molecule has 0 spiro atoms. The first-order valence-electron chi connectivity index (χ1n) is 7.25. The van der Waals surface area contributed by atoms with Gasteiger partial charge in [0.05, 0.1) is 4.47 Å². The Labute approximate surface area is 172 Å². The van der Waals surface area contributed by atoms with E-state index in [2.05, 4.69) is 53.0 Å². The Kier molecular flexibility index (Phi) is 7.49. The van der Waals surface area contributed by atoms with E-state index in [4.69, 9.17) is 17.0 Å². The van der Waals surface area contributed by atoms with E-state index in [1.807, 2.05) is 19.1 Å². The van der Waals surface area contributed by atoms with E-state index in [0.717, 1.165) is 14.5 Å². The van der Waals surface area contributed by atoms with Crippen LogP contribution >= 0.6 is 44.1 Å². The third-order valence-electron chi connectivity index (χ3n) is 3.03. The molecule has 0 atom stereocenters. The molecule has 0 unspecified atom stereocenters. The highest BCUT2D eigenvalue weighted by atomic mass is 79.9. The Morgan fingerprint density at radius 1 is 1.19 bits per heavy atom. The fourth-order valence-corrected chi connectivity index (χ4v) is 3.61. The zero-order valence-electron chi connectivity index (χ0n) is 13.5. The number of amides is 2. The Hall–Kier alpha value is -2.04. The molecule has 0 saturated heterocycles. The van der Waals surface area contributed by atoms with E-state index >= 15 is 0 Å². The number of hydrogen-bond acceptors (Lipinski definition) is 5. The molecule has 2 amide bonds. The van der Waals surface area contributed by atoms with Crippen molar-refractivity contribution in [2.24, 2.45) is 0 Å². The SMILES string of the molecule is Cc1cc(Br)cc(Br)c1OCC(=O)NC(=S)NNC(=O)c1ccncc1. The topological polar surface area (TPSA) is 92.4 Å². The summed E-state index contributed by atoms with van der Waals surface area (Å²) in [5.41, 5.74) is 6.09. The average molecular weight is 502 g/mol. The number of nitrogens with zero attached hydrogens (tertiary/aromatic N) is 1. The molecule has 0 fully saturated rings. The monoisotopic (exact) mass is 500 g/mol. The molecule has 3 N–H and O–H groups in total. The summed E-state index contributed by atoms with van der Waals surface area (Å²) < 4.78 is 7.14. The number of carbonyl (C=O) groups is 2. The number of ether oxygens (including phenoxy) is 1. The Morgan fingerprint density at radius 3 is 2.54 bits per heavy atom. The normalized spacial score (nSPS) is 9.96. The lowest BCUT2D eigenvalue weighted by molar-refractivity contribution is -0.121. The van der Waals surface area contributed by atoms with Crippen LogP contribution in [0.3, 0.4) is 0 Å². The smallest absolute Gasteiger partial charge is 0.269 e. The van der Waals surface area contributed by atoms with Crippen LogP contribution in [0.1, 0.15) is 15.9 Å². The molecule has 1 heterocycles. The molecule has 1 aromatic carbocycles. The van der Waals surface area contributed by atoms with Gasteiger partial charge >= 0.3 is 0 Å². The van der Waals surface area contributed by atoms with Crippen LogP contribution in [0, 0.1) is 6.92 Å². The standard InChI is InChI=1S/C16H14Br2N4O3S/c1-9-6-11(17)7-12(18)14(9)25-8-13(23)20-16(26)22-21-15(24)10-2-4-19-5-3-10/h2-7H,8H2,1H3,(H,21,24)(H2,20,22,23,26). The maximum Gasteiger partial charge on any atom is 0.269 e. The highest BCUT2D eigenvalue weighted by Gasteiger charge is 2.11. The first-order chi connectivity index (χ1) is 12.4. The fraction of sp³-hybridized carbons (Fsp3) is 0.125. The number of pyridine rings is 1. The van der Waals surface area contributed by atoms with E-state index in [0.29, 0.717) is 11.3 Å². The second kappa shape index (κ2) is 9.60. The molecule has 1 aromatic heterocycles. The molecule has 0 saturated carbocycles. The largest absolute Gasteiger partial charge is 0.482 e. The van der Waals surface area contributed by atoms with Gasteiger partial charge in [0.2, 0.25) is 0 Å². The highest BCUT2D eigenvalue weighted by Crippen LogP contribution is 2.32. The third-order valence-corrected chi connectivity index (χ3v) is 4.28. The van der Waals surface area contributed by atoms with Crippen LogP contribution in [-0.2, 0) is 4.79 Å². The number of benzene rings is 1. The van der Waals surface area contributed by atoms with Gasteiger partial charge in [0.1, 0.15) is 5.75 Å². The zero-order valence-corrected chi connectivity index (χ0v) is 17.5. The van der Waals surface area contributed by atoms with Gasteiger partial charge in [-0.3, -0.25) is 30.7 Å². The van der Waals surface area contributed by atoms with Crippen molar-refractivity contribution < 1.29 is 14.3 Å². The molecular weight excluding hydrogens is 488 g/mol. The van der Waals surface area contributed by atoms with Gasteiger partial charge in [-0.1, -0.05) is 15.9 Å². The van der Waals surface area contributed by atoms with Crippen molar-refractivity contribution in [2.75, 3.05) is 6.61 Å². The van der Waals surface area contributed by atoms with E-state index < -0.39 is 11.8 Å². The maximum absolute atomic E-state index is 11.9. The molecule has 0 aliphatic heterocycles. The number of hydrazine groups is 1. The minimum atomic E-state index is -0.463. The van der Waals surface area contributed by atoms with Gasteiger partial charge in [0, 0.05) is 22.4 Å². The number of aryl methyl sites for hydroxylation is 1. The van der Waals surface area contributed by atoms with Gasteiger partial charge in [-0.15, -0.1) is 0 Å². The van der Waals surface area contributed by atoms with Crippen molar-refractivity contribution in [3.8, 4) is 5.75 Å². The Morgan fingerprint density at radius 2 is 1.88 bits per heavy atom. The van der Waals surface area contributed by atoms with Crippen LogP contribution in [0.2, 0.25) is 0 Å². The second-order valence-electron chi connectivity index (χ2n) is 5.01. The minimum Gasteiger partial charge on any atom is -0.482 e. The van der Waals surface area contributed by atoms with Crippen LogP contribution in [0.25, 0.3) is 0 Å². The minimum absolute atomic E-state index is 0.0485. The number of thiocarbonyl (C=S) groups is 1. The number of aromatic nitrogens is 1. The van der Waals surface area contributed by atoms with E-state index in [1.165, 1.54) is 12.4 Å². The molecule has 136 valence electrons. The van der Waals surface area contributed by atoms with Crippen LogP contribution < -0.4 is 20.9 Å². The number of hydrogen-bond donors (Lipinski definition) is 3. The second-order valence-corrected chi connectivity index (χ2v) is 7.19. The molecule has 0 bridgehead atoms. The summed E-state index contributed by atoms with van der Waals surface area (Å²) in [5.74, 6) is -0.308. The van der Waals surface area contributed by atoms with Gasteiger partial charge in [0.25, 0.3) is 11.8 Å². The van der Waals surface area contributed by atoms with Crippen LogP contribution in [0.5, 0.6) is 5.75 Å². The Balaban J connectivity index is 1.79. The summed E-state index contributed by atoms with van der Waals surface area (Å²) in [4.78, 5) is 27.6. The molecule has 26 heavy (non-hydrogen) atoms. The van der Waals surface area contributed by atoms with E-state index in [-0.39, 0.29) is 11.7 Å². The van der Waals surface area contributed by atoms with Crippen LogP contribution in [-0.4, -0.2) is 28.5 Å². The van der Waals surface area contributed by atoms with Crippen molar-refractivity contribution in [3.63, 3.8) is 0 Å². The lowest BCUT2D eigenvalue weighted by Gasteiger charge is -2.13. The molecule has 10 heteroatoms. The number of nitrogens with one attached hydrogen (secondary N) is 3. The summed E-state index contributed by atoms with van der Waals surface area (Å²) in [6.45, 7) is 1.63. The van der Waals surface area contributed by atoms with Gasteiger partial charge in [0.15, 0.2) is 11.7 Å². The predicted octanol–water partition coefficient (Wildman–Crippen LogP) is 2.63. The van der Waals surface area contributed by atoms with Crippen molar-refractivity contribution in [1.29, 1.82) is 0 Å². The average Bonchev–Trinajstić information content (AvgIpc) is 2.59. The van der Waals surface area contributed by atoms with Gasteiger partial charge in [-0.05, 0) is 64.9 Å². The zero-order chi connectivity index (χ0) is 19.1. The molecule has 0 aliphatic carbocycles. The van der Waals surface area contributed by atoms with Crippen LogP contribution in [0.15, 0.2) is 45.6 Å². The molecular formula is C16H14Br2N4O3S. The number of carbonyl (C=O) groups excluding carboxylic acids is 2. The predicted molar refractivity (Wildman–Crippen MR) is 108 cm³/mol. The van der Waals surface area contributed by atoms with Crippen molar-refractivity contribution in [3.05, 3.63) is 56.7 Å². The quantitative estimate of drug-likeness (QED) is 0.440. The molecule has 0 aliphatic rings. The van der Waals surface area contributed by atoms with Gasteiger partial charge in [-0.25, -0.2) is 0 Å². The maximum atomic E-state index is 11.9. The highest BCUT2D eigenvalue weighted by molar-refractivity contribution is 9.11. The first kappa shape index (κ1) is 20.3. The fourth-order valence-electron chi connectivity index (χ4n) is 1.89. The summed E-state index contributed by atoms with van der Waals surface area (Å²) in [6, 6.07) is 6.79. The molecule has 7 nitrogen and oxygen atoms in total. The summed E-state index contributed by atoms with van der Waals surface area (Å²) in [6.07, 6.45) is 2.99. The van der Waals surface area contributed by atoms with Crippen molar-refractivity contribution in [2.45, 2.75) is 6.92 Å². The van der Waals surface area contributed by atoms with Crippen molar-refractivity contribution in [1.82, 2.24) is 21.2 Å². The van der Waals surface area contributed by atoms with Gasteiger partial charge < -0.3 is 4.74 Å². The first-order valence-corrected chi connectivity index (χ1v) is 9.25. The third kappa shape index (κ3) is 6.04. The number of halogens is 2. The summed E-state index contributed by atoms with van der Waals surface area (Å²) in [5, 5.41) is 2.36. The van der Waals surface area contributed by atoms with Crippen molar-refractivity contribution >= 4 is 61.0 Å². The summed E-state index contributed by atoms with van der Waals surface area (Å²) >= 11 is 11.7. The lowest BCUT2D eigenvalue weighted by atomic mass is 10.2. The van der Waals surface area contributed by atoms with Gasteiger partial charge in [-0.2, -0.15) is 0 Å². The molecule has 2 rings (SSSR count). The van der Waals surface area contributed by atoms with E-state index in [9.17, 15) is 9.59 Å². The molecule has 0 radical (unpaired) electrons.